The summed E-state index contributed by atoms with van der Waals surface area (Å²) < 4.78 is 5.18. The van der Waals surface area contributed by atoms with Crippen LogP contribution in [0.25, 0.3) is 0 Å². The molecule has 0 atom stereocenters. The van der Waals surface area contributed by atoms with E-state index < -0.39 is 11.7 Å². The number of ether oxygens (including phenoxy) is 1. The first-order valence-corrected chi connectivity index (χ1v) is 8.71. The minimum absolute atomic E-state index is 0. The molecule has 0 saturated heterocycles. The number of amides is 1. The van der Waals surface area contributed by atoms with Gasteiger partial charge in [0.25, 0.3) is 0 Å². The van der Waals surface area contributed by atoms with Gasteiger partial charge >= 0.3 is 6.09 Å². The number of nitrogens with one attached hydrogen (secondary N) is 3. The van der Waals surface area contributed by atoms with Crippen molar-refractivity contribution in [2.24, 2.45) is 16.8 Å². The second-order valence-electron chi connectivity index (χ2n) is 7.43. The van der Waals surface area contributed by atoms with Gasteiger partial charge in [-0.25, -0.2) is 4.79 Å². The maximum Gasteiger partial charge on any atom is 0.407 e. The molecular weight excluding hydrogens is 419 g/mol. The van der Waals surface area contributed by atoms with Crippen molar-refractivity contribution >= 4 is 36.0 Å². The van der Waals surface area contributed by atoms with Crippen molar-refractivity contribution in [2.75, 3.05) is 26.7 Å². The SMILES string of the molecule is CN=C(NCCNC(=O)OC(C)(C)C)NCC1CCC(C)CC1.I. The molecule has 142 valence electrons. The van der Waals surface area contributed by atoms with Gasteiger partial charge in [-0.1, -0.05) is 19.8 Å². The van der Waals surface area contributed by atoms with E-state index in [2.05, 4.69) is 27.9 Å². The highest BCUT2D eigenvalue weighted by Crippen LogP contribution is 2.27. The number of carbonyl (C=O) groups is 1. The predicted octanol–water partition coefficient (Wildman–Crippen LogP) is 3.12. The number of rotatable bonds is 5. The number of hydrogen-bond donors (Lipinski definition) is 3. The third-order valence-corrected chi connectivity index (χ3v) is 4.00. The Morgan fingerprint density at radius 1 is 1.08 bits per heavy atom. The third kappa shape index (κ3) is 10.9. The highest BCUT2D eigenvalue weighted by molar-refractivity contribution is 14.0. The highest BCUT2D eigenvalue weighted by atomic mass is 127. The Bertz CT molecular complexity index is 389. The molecule has 0 radical (unpaired) electrons. The second-order valence-corrected chi connectivity index (χ2v) is 7.43. The zero-order valence-electron chi connectivity index (χ0n) is 15.8. The highest BCUT2D eigenvalue weighted by Gasteiger charge is 2.18. The normalized spacial score (nSPS) is 21.5. The summed E-state index contributed by atoms with van der Waals surface area (Å²) in [6.45, 7) is 9.96. The lowest BCUT2D eigenvalue weighted by atomic mass is 9.83. The summed E-state index contributed by atoms with van der Waals surface area (Å²) in [6, 6.07) is 0. The topological polar surface area (TPSA) is 74.8 Å². The molecule has 6 nitrogen and oxygen atoms in total. The minimum atomic E-state index is -0.466. The van der Waals surface area contributed by atoms with Crippen molar-refractivity contribution in [2.45, 2.75) is 59.0 Å². The number of carbonyl (C=O) groups excluding carboxylic acids is 1. The average Bonchev–Trinajstić information content (AvgIpc) is 2.46. The molecule has 0 aromatic rings. The Morgan fingerprint density at radius 2 is 1.67 bits per heavy atom. The van der Waals surface area contributed by atoms with Crippen LogP contribution in [0.1, 0.15) is 53.4 Å². The molecule has 0 spiro atoms. The fourth-order valence-corrected chi connectivity index (χ4v) is 2.65. The van der Waals surface area contributed by atoms with Crippen molar-refractivity contribution in [1.29, 1.82) is 0 Å². The monoisotopic (exact) mass is 454 g/mol. The van der Waals surface area contributed by atoms with Crippen LogP contribution in [0.4, 0.5) is 4.79 Å². The van der Waals surface area contributed by atoms with Crippen LogP contribution in [-0.4, -0.2) is 44.3 Å². The number of alkyl carbamates (subject to hydrolysis) is 1. The van der Waals surface area contributed by atoms with Crippen molar-refractivity contribution in [1.82, 2.24) is 16.0 Å². The molecule has 3 N–H and O–H groups in total. The first-order chi connectivity index (χ1) is 10.8. The van der Waals surface area contributed by atoms with Gasteiger partial charge in [-0.2, -0.15) is 0 Å². The largest absolute Gasteiger partial charge is 0.444 e. The van der Waals surface area contributed by atoms with E-state index in [4.69, 9.17) is 4.74 Å². The Hall–Kier alpha value is -0.730. The number of hydrogen-bond acceptors (Lipinski definition) is 3. The lowest BCUT2D eigenvalue weighted by Crippen LogP contribution is -2.44. The molecule has 7 heteroatoms. The Morgan fingerprint density at radius 3 is 2.21 bits per heavy atom. The van der Waals surface area contributed by atoms with Gasteiger partial charge in [0.1, 0.15) is 5.60 Å². The lowest BCUT2D eigenvalue weighted by Gasteiger charge is -2.26. The molecule has 1 saturated carbocycles. The first-order valence-electron chi connectivity index (χ1n) is 8.71. The van der Waals surface area contributed by atoms with Crippen LogP contribution in [0.15, 0.2) is 4.99 Å². The van der Waals surface area contributed by atoms with Gasteiger partial charge in [-0.3, -0.25) is 4.99 Å². The first kappa shape index (κ1) is 23.3. The van der Waals surface area contributed by atoms with Crippen LogP contribution < -0.4 is 16.0 Å². The van der Waals surface area contributed by atoms with E-state index in [1.807, 2.05) is 20.8 Å². The molecule has 1 rings (SSSR count). The summed E-state index contributed by atoms with van der Waals surface area (Å²) in [5.41, 5.74) is -0.466. The van der Waals surface area contributed by atoms with Crippen LogP contribution in [-0.2, 0) is 4.74 Å². The molecule has 0 bridgehead atoms. The smallest absolute Gasteiger partial charge is 0.407 e. The van der Waals surface area contributed by atoms with Crippen LogP contribution in [0.3, 0.4) is 0 Å². The Balaban J connectivity index is 0.00000529. The molecule has 0 aromatic heterocycles. The van der Waals surface area contributed by atoms with E-state index >= 15 is 0 Å². The molecule has 1 fully saturated rings. The second kappa shape index (κ2) is 11.8. The van der Waals surface area contributed by atoms with Crippen LogP contribution in [0.5, 0.6) is 0 Å². The minimum Gasteiger partial charge on any atom is -0.444 e. The number of guanidine groups is 1. The van der Waals surface area contributed by atoms with E-state index in [0.29, 0.717) is 13.1 Å². The summed E-state index contributed by atoms with van der Waals surface area (Å²) in [7, 11) is 1.76. The van der Waals surface area contributed by atoms with Gasteiger partial charge in [0.15, 0.2) is 5.96 Å². The number of halogens is 1. The summed E-state index contributed by atoms with van der Waals surface area (Å²) >= 11 is 0. The van der Waals surface area contributed by atoms with Crippen molar-refractivity contribution in [3.8, 4) is 0 Å². The molecule has 0 aliphatic heterocycles. The van der Waals surface area contributed by atoms with Crippen molar-refractivity contribution in [3.05, 3.63) is 0 Å². The van der Waals surface area contributed by atoms with Gasteiger partial charge in [0, 0.05) is 26.7 Å². The fraction of sp³-hybridized carbons (Fsp3) is 0.882. The fourth-order valence-electron chi connectivity index (χ4n) is 2.65. The van der Waals surface area contributed by atoms with Crippen LogP contribution >= 0.6 is 24.0 Å². The third-order valence-electron chi connectivity index (χ3n) is 4.00. The summed E-state index contributed by atoms with van der Waals surface area (Å²) in [6.07, 6.45) is 4.87. The van der Waals surface area contributed by atoms with E-state index in [9.17, 15) is 4.79 Å². The summed E-state index contributed by atoms with van der Waals surface area (Å²) in [4.78, 5) is 15.7. The summed E-state index contributed by atoms with van der Waals surface area (Å²) in [5, 5.41) is 9.30. The van der Waals surface area contributed by atoms with Crippen LogP contribution in [0.2, 0.25) is 0 Å². The molecule has 24 heavy (non-hydrogen) atoms. The van der Waals surface area contributed by atoms with Crippen LogP contribution in [0, 0.1) is 11.8 Å². The zero-order chi connectivity index (χ0) is 17.3. The number of aliphatic imine (C=N–C) groups is 1. The lowest BCUT2D eigenvalue weighted by molar-refractivity contribution is 0.0529. The average molecular weight is 454 g/mol. The maximum absolute atomic E-state index is 11.5. The van der Waals surface area contributed by atoms with Gasteiger partial charge in [-0.15, -0.1) is 24.0 Å². The molecule has 1 aliphatic carbocycles. The van der Waals surface area contributed by atoms with E-state index in [1.165, 1.54) is 25.7 Å². The Labute approximate surface area is 164 Å². The Kier molecular flexibility index (Phi) is 11.4. The molecule has 1 amide bonds. The van der Waals surface area contributed by atoms with Crippen molar-refractivity contribution < 1.29 is 9.53 Å². The number of nitrogens with zero attached hydrogens (tertiary/aromatic N) is 1. The van der Waals surface area contributed by atoms with Crippen molar-refractivity contribution in [3.63, 3.8) is 0 Å². The van der Waals surface area contributed by atoms with Gasteiger partial charge in [0.2, 0.25) is 0 Å². The van der Waals surface area contributed by atoms with E-state index in [1.54, 1.807) is 7.05 Å². The summed E-state index contributed by atoms with van der Waals surface area (Å²) in [5.74, 6) is 2.40. The van der Waals surface area contributed by atoms with Gasteiger partial charge < -0.3 is 20.7 Å². The molecule has 0 heterocycles. The standard InChI is InChI=1S/C17H34N4O2.HI/c1-13-6-8-14(9-7-13)12-21-15(18-5)19-10-11-20-16(22)23-17(2,3)4;/h13-14H,6-12H2,1-5H3,(H,20,22)(H2,18,19,21);1H. The molecule has 1 aliphatic rings. The van der Waals surface area contributed by atoms with Gasteiger partial charge in [0.05, 0.1) is 0 Å². The quantitative estimate of drug-likeness (QED) is 0.258. The molecule has 0 unspecified atom stereocenters. The molecule has 0 aromatic carbocycles. The van der Waals surface area contributed by atoms with Gasteiger partial charge in [-0.05, 0) is 45.4 Å². The molecular formula is C17H35IN4O2. The van der Waals surface area contributed by atoms with E-state index in [-0.39, 0.29) is 24.0 Å². The maximum atomic E-state index is 11.5. The van der Waals surface area contributed by atoms with E-state index in [0.717, 1.165) is 24.3 Å². The predicted molar refractivity (Wildman–Crippen MR) is 110 cm³/mol. The zero-order valence-corrected chi connectivity index (χ0v) is 18.1.